The van der Waals surface area contributed by atoms with E-state index in [-0.39, 0.29) is 37.6 Å². The predicted octanol–water partition coefficient (Wildman–Crippen LogP) is 16.0. The molecule has 0 N–H and O–H groups in total. The Morgan fingerprint density at radius 3 is 2.00 bits per heavy atom. The van der Waals surface area contributed by atoms with E-state index >= 15 is 0 Å². The number of hydrogen-bond acceptors (Lipinski definition) is 5. The number of nitro benzene ring substituents is 1. The van der Waals surface area contributed by atoms with Crippen molar-refractivity contribution in [1.82, 2.24) is 14.5 Å². The summed E-state index contributed by atoms with van der Waals surface area (Å²) in [5.41, 5.74) is 13.7. The van der Waals surface area contributed by atoms with E-state index in [4.69, 9.17) is 12.1 Å². The van der Waals surface area contributed by atoms with Gasteiger partial charge in [0.25, 0.3) is 5.69 Å². The monoisotopic (exact) mass is 1060 g/mol. The zero-order valence-corrected chi connectivity index (χ0v) is 41.0. The number of furan rings is 1. The van der Waals surface area contributed by atoms with Gasteiger partial charge >= 0.3 is 0 Å². The fourth-order valence-corrected chi connectivity index (χ4v) is 8.51. The van der Waals surface area contributed by atoms with E-state index in [2.05, 4.69) is 116 Å². The summed E-state index contributed by atoms with van der Waals surface area (Å²) in [4.78, 5) is 20.7. The topological polar surface area (TPSA) is 87.0 Å². The van der Waals surface area contributed by atoms with Gasteiger partial charge in [-0.05, 0) is 98.6 Å². The van der Waals surface area contributed by atoms with Crippen molar-refractivity contribution in [2.75, 3.05) is 0 Å². The zero-order valence-electron chi connectivity index (χ0n) is 40.6. The number of para-hydroxylation sites is 2. The molecule has 0 atom stereocenters. The third kappa shape index (κ3) is 9.78. The Kier molecular flexibility index (Phi) is 12.7. The first-order chi connectivity index (χ1) is 32.6. The fourth-order valence-electron chi connectivity index (χ4n) is 8.51. The second kappa shape index (κ2) is 19.5. The predicted molar refractivity (Wildman–Crippen MR) is 270 cm³/mol. The minimum atomic E-state index is -1.40. The first-order valence-electron chi connectivity index (χ1n) is 23.4. The van der Waals surface area contributed by atoms with Crippen LogP contribution in [0.3, 0.4) is 0 Å². The molecule has 1 radical (unpaired) electrons. The van der Waals surface area contributed by atoms with Gasteiger partial charge in [0, 0.05) is 46.2 Å². The van der Waals surface area contributed by atoms with Crippen LogP contribution < -0.4 is 0 Å². The van der Waals surface area contributed by atoms with E-state index < -0.39 is 16.7 Å². The average molecular weight is 1060 g/mol. The molecule has 0 saturated carbocycles. The third-order valence-corrected chi connectivity index (χ3v) is 11.6. The Labute approximate surface area is 408 Å². The maximum Gasteiger partial charge on any atom is 0.273 e. The number of aromatic nitrogens is 3. The summed E-state index contributed by atoms with van der Waals surface area (Å²) < 4.78 is 25.1. The van der Waals surface area contributed by atoms with Crippen molar-refractivity contribution >= 4 is 38.7 Å². The van der Waals surface area contributed by atoms with Crippen molar-refractivity contribution in [3.63, 3.8) is 0 Å². The number of benzene rings is 7. The van der Waals surface area contributed by atoms with Crippen molar-refractivity contribution in [2.45, 2.75) is 66.7 Å². The molecule has 0 aliphatic rings. The van der Waals surface area contributed by atoms with Crippen molar-refractivity contribution in [1.29, 1.82) is 0 Å². The van der Waals surface area contributed by atoms with E-state index in [9.17, 15) is 10.1 Å². The molecule has 10 rings (SSSR count). The molecule has 0 bridgehead atoms. The van der Waals surface area contributed by atoms with Crippen molar-refractivity contribution < 1.29 is 32.2 Å². The molecule has 0 saturated heterocycles. The molecule has 7 aromatic carbocycles. The largest absolute Gasteiger partial charge is 0.500 e. The van der Waals surface area contributed by atoms with E-state index in [1.54, 1.807) is 12.3 Å². The van der Waals surface area contributed by atoms with E-state index in [0.717, 1.165) is 38.8 Å². The summed E-state index contributed by atoms with van der Waals surface area (Å²) in [6, 6.07) is 58.6. The van der Waals surface area contributed by atoms with Gasteiger partial charge in [0.15, 0.2) is 0 Å². The zero-order chi connectivity index (χ0) is 47.9. The molecule has 0 spiro atoms. The van der Waals surface area contributed by atoms with Crippen LogP contribution in [0.1, 0.15) is 79.7 Å². The van der Waals surface area contributed by atoms with Crippen LogP contribution in [0.2, 0.25) is 0 Å². The van der Waals surface area contributed by atoms with Crippen LogP contribution in [0.25, 0.3) is 83.6 Å². The quantitative estimate of drug-likeness (QED) is 0.0816. The fraction of sp³-hybridized carbons (Fsp3) is 0.186. The van der Waals surface area contributed by atoms with Crippen molar-refractivity contribution in [3.8, 4) is 50.6 Å². The Morgan fingerprint density at radius 1 is 0.716 bits per heavy atom. The number of nitrogens with zero attached hydrogens (tertiary/aromatic N) is 4. The maximum atomic E-state index is 11.6. The van der Waals surface area contributed by atoms with E-state index in [0.29, 0.717) is 28.1 Å². The molecule has 0 unspecified atom stereocenters. The maximum absolute atomic E-state index is 11.6. The van der Waals surface area contributed by atoms with Gasteiger partial charge in [0.05, 0.1) is 33.4 Å². The first kappa shape index (κ1) is 43.9. The molecule has 3 heterocycles. The standard InChI is InChI=1S/C43H34N3O3.C16H18N.Ir/c1-26(2)36-23-31(30-19-17-29(18-20-30)28-11-6-5-7-12-28)24-37(27(3)4)41(36)45-39-16-9-8-15-38(39)44-43(45)35-14-10-13-34-33-22-21-32(46(47)48)25-40(33)49-42(34)35;1-16(2,3)11-13-9-10-15(17-12-13)14-7-5-4-6-8-14;/h5-13,15-27H,1-4H3;4-7,9-10,12H,11H2,1-3H3;/q2*-1;/i;11D2;. The smallest absolute Gasteiger partial charge is 0.273 e. The van der Waals surface area contributed by atoms with Crippen molar-refractivity contribution in [3.05, 3.63) is 203 Å². The normalized spacial score (nSPS) is 12.2. The number of pyridine rings is 1. The van der Waals surface area contributed by atoms with Gasteiger partial charge in [0.2, 0.25) is 0 Å². The molecule has 67 heavy (non-hydrogen) atoms. The van der Waals surface area contributed by atoms with Crippen LogP contribution in [-0.4, -0.2) is 19.5 Å². The first-order valence-corrected chi connectivity index (χ1v) is 22.4. The second-order valence-corrected chi connectivity index (χ2v) is 18.2. The summed E-state index contributed by atoms with van der Waals surface area (Å²) in [5, 5.41) is 13.2. The van der Waals surface area contributed by atoms with Crippen molar-refractivity contribution in [2.24, 2.45) is 5.41 Å². The minimum absolute atomic E-state index is 0. The molecule has 3 aromatic heterocycles. The summed E-state index contributed by atoms with van der Waals surface area (Å²) in [7, 11) is 0. The van der Waals surface area contributed by atoms with E-state index in [1.807, 2.05) is 93.6 Å². The van der Waals surface area contributed by atoms with E-state index in [1.165, 1.54) is 45.5 Å². The summed E-state index contributed by atoms with van der Waals surface area (Å²) in [5.74, 6) is 1.12. The molecule has 0 fully saturated rings. The number of hydrogen-bond donors (Lipinski definition) is 0. The molecule has 0 amide bonds. The number of fused-ring (bicyclic) bond motifs is 4. The molecule has 0 aliphatic carbocycles. The van der Waals surface area contributed by atoms with Gasteiger partial charge in [-0.25, -0.2) is 0 Å². The van der Waals surface area contributed by atoms with Gasteiger partial charge < -0.3 is 14.0 Å². The van der Waals surface area contributed by atoms with Gasteiger partial charge in [0.1, 0.15) is 5.58 Å². The van der Waals surface area contributed by atoms with Gasteiger partial charge in [-0.3, -0.25) is 15.1 Å². The minimum Gasteiger partial charge on any atom is -0.500 e. The number of imidazole rings is 1. The number of nitro groups is 1. The molecule has 7 nitrogen and oxygen atoms in total. The molecular weight excluding hydrogens is 1000 g/mol. The number of non-ortho nitro benzene ring substituents is 1. The Hall–Kier alpha value is -6.99. The molecule has 10 aromatic rings. The average Bonchev–Trinajstić information content (AvgIpc) is 3.92. The van der Waals surface area contributed by atoms with Crippen LogP contribution in [0.5, 0.6) is 0 Å². The van der Waals surface area contributed by atoms with Gasteiger partial charge in [-0.1, -0.05) is 138 Å². The third-order valence-electron chi connectivity index (χ3n) is 11.6. The van der Waals surface area contributed by atoms with Gasteiger partial charge in [-0.15, -0.1) is 54.1 Å². The summed E-state index contributed by atoms with van der Waals surface area (Å²) in [6.45, 7) is 14.6. The number of rotatable bonds is 9. The van der Waals surface area contributed by atoms with Crippen LogP contribution in [0, 0.1) is 27.7 Å². The summed E-state index contributed by atoms with van der Waals surface area (Å²) in [6.07, 6.45) is 0.223. The molecule has 337 valence electrons. The van der Waals surface area contributed by atoms with Gasteiger partial charge in [-0.2, -0.15) is 0 Å². The Morgan fingerprint density at radius 2 is 1.37 bits per heavy atom. The molecule has 0 aliphatic heterocycles. The Bertz CT molecular complexity index is 3400. The second-order valence-electron chi connectivity index (χ2n) is 18.2. The SMILES string of the molecule is CC(C)c1cc(-c2ccc(-c3ccccc3)cc2)cc(C(C)C)c1-n1c(-c2[c-]ccc3c2oc2cc([N+](=O)[O-])ccc23)nc2ccccc21.[2H]C([2H])(c1ccc(-c2[c-]cccc2)nc1)C(C)(C)C.[Ir]. The summed E-state index contributed by atoms with van der Waals surface area (Å²) >= 11 is 0. The van der Waals surface area contributed by atoms with Crippen LogP contribution in [0.4, 0.5) is 5.69 Å². The molecular formula is C59H52IrN4O3-2. The van der Waals surface area contributed by atoms with Crippen LogP contribution in [0.15, 0.2) is 168 Å². The Balaban J connectivity index is 0.000000270. The molecule has 8 heteroatoms. The van der Waals surface area contributed by atoms with Crippen LogP contribution >= 0.6 is 0 Å². The van der Waals surface area contributed by atoms with Crippen LogP contribution in [-0.2, 0) is 26.5 Å².